The average molecular weight is 382 g/mol. The zero-order valence-corrected chi connectivity index (χ0v) is 14.4. The fraction of sp³-hybridized carbons (Fsp3) is 0.235. The highest BCUT2D eigenvalue weighted by Crippen LogP contribution is 2.30. The van der Waals surface area contributed by atoms with Crippen molar-refractivity contribution in [2.24, 2.45) is 0 Å². The van der Waals surface area contributed by atoms with E-state index >= 15 is 0 Å². The first kappa shape index (κ1) is 17.3. The summed E-state index contributed by atoms with van der Waals surface area (Å²) in [5, 5.41) is 2.73. The molecule has 2 rings (SSSR count). The van der Waals surface area contributed by atoms with Crippen LogP contribution in [0.2, 0.25) is 0 Å². The van der Waals surface area contributed by atoms with E-state index in [2.05, 4.69) is 21.2 Å². The van der Waals surface area contributed by atoms with E-state index in [-0.39, 0.29) is 5.56 Å². The van der Waals surface area contributed by atoms with Gasteiger partial charge in [-0.2, -0.15) is 0 Å². The Morgan fingerprint density at radius 2 is 1.87 bits per heavy atom. The molecule has 0 radical (unpaired) electrons. The number of halogens is 2. The Bertz CT molecular complexity index is 706. The third-order valence-electron chi connectivity index (χ3n) is 2.99. The second-order valence-corrected chi connectivity index (χ2v) is 5.46. The quantitative estimate of drug-likeness (QED) is 0.792. The van der Waals surface area contributed by atoms with Crippen LogP contribution in [-0.4, -0.2) is 19.1 Å². The van der Waals surface area contributed by atoms with E-state index in [1.54, 1.807) is 18.2 Å². The second kappa shape index (κ2) is 7.97. The number of carbonyl (C=O) groups is 1. The summed E-state index contributed by atoms with van der Waals surface area (Å²) in [6.45, 7) is 4.70. The van der Waals surface area contributed by atoms with Gasteiger partial charge in [-0.05, 0) is 60.1 Å². The van der Waals surface area contributed by atoms with Crippen molar-refractivity contribution in [2.45, 2.75) is 13.8 Å². The van der Waals surface area contributed by atoms with Gasteiger partial charge in [0.15, 0.2) is 0 Å². The maximum Gasteiger partial charge on any atom is 0.255 e. The van der Waals surface area contributed by atoms with Gasteiger partial charge in [-0.3, -0.25) is 4.79 Å². The van der Waals surface area contributed by atoms with Crippen LogP contribution < -0.4 is 14.8 Å². The molecule has 2 aromatic carbocycles. The summed E-state index contributed by atoms with van der Waals surface area (Å²) in [5.41, 5.74) is 0.695. The van der Waals surface area contributed by atoms with E-state index in [0.717, 1.165) is 0 Å². The van der Waals surface area contributed by atoms with Gasteiger partial charge in [0, 0.05) is 11.6 Å². The summed E-state index contributed by atoms with van der Waals surface area (Å²) in [6, 6.07) is 9.38. The molecule has 0 saturated heterocycles. The highest BCUT2D eigenvalue weighted by Gasteiger charge is 2.13. The smallest absolute Gasteiger partial charge is 0.255 e. The molecule has 6 heteroatoms. The van der Waals surface area contributed by atoms with Gasteiger partial charge in [0.2, 0.25) is 0 Å². The van der Waals surface area contributed by atoms with E-state index in [4.69, 9.17) is 9.47 Å². The molecule has 0 bridgehead atoms. The lowest BCUT2D eigenvalue weighted by Gasteiger charge is -2.13. The molecule has 0 atom stereocenters. The zero-order chi connectivity index (χ0) is 16.8. The molecular weight excluding hydrogens is 365 g/mol. The number of nitrogens with one attached hydrogen (secondary N) is 1. The van der Waals surface area contributed by atoms with E-state index < -0.39 is 11.7 Å². The van der Waals surface area contributed by atoms with Crippen LogP contribution in [0.3, 0.4) is 0 Å². The normalized spacial score (nSPS) is 10.3. The van der Waals surface area contributed by atoms with Gasteiger partial charge in [0.1, 0.15) is 17.3 Å². The molecule has 0 aliphatic carbocycles. The summed E-state index contributed by atoms with van der Waals surface area (Å²) in [7, 11) is 0. The molecule has 4 nitrogen and oxygen atoms in total. The lowest BCUT2D eigenvalue weighted by atomic mass is 10.2. The largest absolute Gasteiger partial charge is 0.494 e. The number of hydrogen-bond donors (Lipinski definition) is 1. The predicted octanol–water partition coefficient (Wildman–Crippen LogP) is 4.64. The number of benzene rings is 2. The molecule has 1 N–H and O–H groups in total. The first-order valence-electron chi connectivity index (χ1n) is 7.21. The highest BCUT2D eigenvalue weighted by molar-refractivity contribution is 9.10. The van der Waals surface area contributed by atoms with Gasteiger partial charge >= 0.3 is 0 Å². The molecule has 122 valence electrons. The third-order valence-corrected chi connectivity index (χ3v) is 3.63. The van der Waals surface area contributed by atoms with Crippen LogP contribution in [0.15, 0.2) is 40.9 Å². The summed E-state index contributed by atoms with van der Waals surface area (Å²) in [6.07, 6.45) is 0. The number of anilines is 1. The van der Waals surface area contributed by atoms with Crippen LogP contribution in [-0.2, 0) is 0 Å². The number of carbonyl (C=O) groups excluding carboxylic acids is 1. The first-order chi connectivity index (χ1) is 11.0. The number of hydrogen-bond acceptors (Lipinski definition) is 3. The summed E-state index contributed by atoms with van der Waals surface area (Å²) >= 11 is 3.06. The third kappa shape index (κ3) is 4.45. The van der Waals surface area contributed by atoms with E-state index in [0.29, 0.717) is 34.9 Å². The van der Waals surface area contributed by atoms with Crippen LogP contribution in [0.4, 0.5) is 10.1 Å². The molecule has 1 amide bonds. The minimum Gasteiger partial charge on any atom is -0.494 e. The van der Waals surface area contributed by atoms with Crippen molar-refractivity contribution in [1.82, 2.24) is 0 Å². The SMILES string of the molecule is CCOc1ccc(OCC)c(NC(=O)c2ccc(Br)c(F)c2)c1. The minimum absolute atomic E-state index is 0.218. The molecule has 0 aliphatic heterocycles. The van der Waals surface area contributed by atoms with Gasteiger partial charge < -0.3 is 14.8 Å². The Balaban J connectivity index is 2.27. The van der Waals surface area contributed by atoms with Crippen LogP contribution in [0.1, 0.15) is 24.2 Å². The summed E-state index contributed by atoms with van der Waals surface area (Å²) in [5.74, 6) is 0.229. The second-order valence-electron chi connectivity index (χ2n) is 4.61. The molecule has 23 heavy (non-hydrogen) atoms. The maximum atomic E-state index is 13.6. The highest BCUT2D eigenvalue weighted by atomic mass is 79.9. The maximum absolute atomic E-state index is 13.6. The fourth-order valence-corrected chi connectivity index (χ4v) is 2.22. The number of amides is 1. The van der Waals surface area contributed by atoms with Gasteiger partial charge in [-0.1, -0.05) is 0 Å². The van der Waals surface area contributed by atoms with Crippen molar-refractivity contribution in [2.75, 3.05) is 18.5 Å². The average Bonchev–Trinajstić information content (AvgIpc) is 2.53. The van der Waals surface area contributed by atoms with Crippen molar-refractivity contribution < 1.29 is 18.7 Å². The fourth-order valence-electron chi connectivity index (χ4n) is 1.98. The molecule has 0 spiro atoms. The van der Waals surface area contributed by atoms with E-state index in [1.165, 1.54) is 18.2 Å². The van der Waals surface area contributed by atoms with Crippen molar-refractivity contribution in [3.8, 4) is 11.5 Å². The number of rotatable bonds is 6. The van der Waals surface area contributed by atoms with Gasteiger partial charge in [0.25, 0.3) is 5.91 Å². The minimum atomic E-state index is -0.495. The molecule has 0 unspecified atom stereocenters. The van der Waals surface area contributed by atoms with Crippen molar-refractivity contribution in [3.05, 3.63) is 52.3 Å². The molecule has 0 aromatic heterocycles. The monoisotopic (exact) mass is 381 g/mol. The lowest BCUT2D eigenvalue weighted by Crippen LogP contribution is -2.13. The van der Waals surface area contributed by atoms with Crippen molar-refractivity contribution in [3.63, 3.8) is 0 Å². The van der Waals surface area contributed by atoms with E-state index in [1.807, 2.05) is 13.8 Å². The molecule has 2 aromatic rings. The van der Waals surface area contributed by atoms with Crippen LogP contribution in [0.5, 0.6) is 11.5 Å². The summed E-state index contributed by atoms with van der Waals surface area (Å²) < 4.78 is 24.8. The Labute approximate surface area is 142 Å². The van der Waals surface area contributed by atoms with Gasteiger partial charge in [0.05, 0.1) is 23.4 Å². The Morgan fingerprint density at radius 1 is 1.13 bits per heavy atom. The van der Waals surface area contributed by atoms with Gasteiger partial charge in [-0.15, -0.1) is 0 Å². The van der Waals surface area contributed by atoms with Crippen LogP contribution in [0.25, 0.3) is 0 Å². The topological polar surface area (TPSA) is 47.6 Å². The predicted molar refractivity (Wildman–Crippen MR) is 90.8 cm³/mol. The standard InChI is InChI=1S/C17H17BrFNO3/c1-3-22-12-6-8-16(23-4-2)15(10-12)20-17(21)11-5-7-13(18)14(19)9-11/h5-10H,3-4H2,1-2H3,(H,20,21). The van der Waals surface area contributed by atoms with Crippen molar-refractivity contribution in [1.29, 1.82) is 0 Å². The Hall–Kier alpha value is -2.08. The van der Waals surface area contributed by atoms with Crippen LogP contribution in [0, 0.1) is 5.82 Å². The molecule has 0 saturated carbocycles. The number of ether oxygens (including phenoxy) is 2. The molecule has 0 aliphatic rings. The van der Waals surface area contributed by atoms with Gasteiger partial charge in [-0.25, -0.2) is 4.39 Å². The van der Waals surface area contributed by atoms with Crippen molar-refractivity contribution >= 4 is 27.5 Å². The summed E-state index contributed by atoms with van der Waals surface area (Å²) in [4.78, 5) is 12.3. The molecular formula is C17H17BrFNO3. The molecule has 0 heterocycles. The Kier molecular flexibility index (Phi) is 5.98. The van der Waals surface area contributed by atoms with E-state index in [9.17, 15) is 9.18 Å². The zero-order valence-electron chi connectivity index (χ0n) is 12.9. The Morgan fingerprint density at radius 3 is 2.52 bits per heavy atom. The molecule has 0 fully saturated rings. The first-order valence-corrected chi connectivity index (χ1v) is 8.00. The lowest BCUT2D eigenvalue weighted by molar-refractivity contribution is 0.102. The van der Waals surface area contributed by atoms with Crippen LogP contribution >= 0.6 is 15.9 Å².